The number of rotatable bonds is 3. The molecule has 2 atom stereocenters. The topological polar surface area (TPSA) is 21.3 Å². The third-order valence-electron chi connectivity index (χ3n) is 3.10. The Balaban J connectivity index is 1.91. The van der Waals surface area contributed by atoms with Crippen LogP contribution in [0.3, 0.4) is 0 Å². The lowest BCUT2D eigenvalue weighted by molar-refractivity contribution is 0.0130. The van der Waals surface area contributed by atoms with Crippen LogP contribution in [0.25, 0.3) is 0 Å². The molecular formula is C13H17F2NO. The Morgan fingerprint density at radius 1 is 1.41 bits per heavy atom. The van der Waals surface area contributed by atoms with Gasteiger partial charge in [-0.1, -0.05) is 12.1 Å². The van der Waals surface area contributed by atoms with Gasteiger partial charge in [0.1, 0.15) is 0 Å². The predicted molar refractivity (Wildman–Crippen MR) is 61.6 cm³/mol. The fourth-order valence-corrected chi connectivity index (χ4v) is 2.12. The molecule has 1 saturated heterocycles. The van der Waals surface area contributed by atoms with Crippen LogP contribution in [-0.2, 0) is 11.3 Å². The van der Waals surface area contributed by atoms with Crippen molar-refractivity contribution in [1.29, 1.82) is 0 Å². The quantitative estimate of drug-likeness (QED) is 0.878. The Labute approximate surface area is 100.0 Å². The molecule has 2 unspecified atom stereocenters. The van der Waals surface area contributed by atoms with Gasteiger partial charge in [-0.15, -0.1) is 0 Å². The monoisotopic (exact) mass is 241 g/mol. The van der Waals surface area contributed by atoms with Crippen molar-refractivity contribution in [3.63, 3.8) is 0 Å². The molecule has 1 N–H and O–H groups in total. The van der Waals surface area contributed by atoms with Crippen LogP contribution in [0.4, 0.5) is 8.78 Å². The maximum atomic E-state index is 13.4. The number of nitrogens with one attached hydrogen (secondary N) is 1. The number of hydrogen-bond donors (Lipinski definition) is 1. The van der Waals surface area contributed by atoms with Gasteiger partial charge in [-0.25, -0.2) is 8.78 Å². The highest BCUT2D eigenvalue weighted by Gasteiger charge is 2.19. The molecule has 0 bridgehead atoms. The normalized spacial score (nSPS) is 24.9. The van der Waals surface area contributed by atoms with Crippen molar-refractivity contribution in [2.24, 2.45) is 0 Å². The third-order valence-corrected chi connectivity index (χ3v) is 3.10. The summed E-state index contributed by atoms with van der Waals surface area (Å²) < 4.78 is 31.8. The van der Waals surface area contributed by atoms with Gasteiger partial charge < -0.3 is 10.1 Å². The Morgan fingerprint density at radius 3 is 3.00 bits per heavy atom. The van der Waals surface area contributed by atoms with Crippen LogP contribution in [0.1, 0.15) is 25.3 Å². The first-order chi connectivity index (χ1) is 8.16. The molecule has 2 nitrogen and oxygen atoms in total. The maximum absolute atomic E-state index is 13.4. The maximum Gasteiger partial charge on any atom is 0.163 e. The largest absolute Gasteiger partial charge is 0.378 e. The zero-order valence-electron chi connectivity index (χ0n) is 9.88. The van der Waals surface area contributed by atoms with E-state index in [1.807, 2.05) is 6.92 Å². The average molecular weight is 241 g/mol. The zero-order valence-corrected chi connectivity index (χ0v) is 9.88. The van der Waals surface area contributed by atoms with Crippen molar-refractivity contribution in [3.05, 3.63) is 35.4 Å². The third kappa shape index (κ3) is 3.23. The lowest BCUT2D eigenvalue weighted by Gasteiger charge is -2.28. The van der Waals surface area contributed by atoms with Gasteiger partial charge >= 0.3 is 0 Å². The number of benzene rings is 1. The SMILES string of the molecule is CC1CC(NCc2cccc(F)c2F)CCO1. The minimum atomic E-state index is -0.787. The molecule has 94 valence electrons. The molecule has 1 aliphatic rings. The molecule has 0 aromatic heterocycles. The summed E-state index contributed by atoms with van der Waals surface area (Å²) in [6.07, 6.45) is 2.07. The average Bonchev–Trinajstić information content (AvgIpc) is 2.31. The predicted octanol–water partition coefficient (Wildman–Crippen LogP) is 2.62. The lowest BCUT2D eigenvalue weighted by Crippen LogP contribution is -2.37. The molecule has 0 saturated carbocycles. The van der Waals surface area contributed by atoms with Crippen molar-refractivity contribution >= 4 is 0 Å². The van der Waals surface area contributed by atoms with E-state index >= 15 is 0 Å². The van der Waals surface area contributed by atoms with E-state index in [2.05, 4.69) is 5.32 Å². The minimum Gasteiger partial charge on any atom is -0.378 e. The first-order valence-corrected chi connectivity index (χ1v) is 5.94. The molecule has 4 heteroatoms. The minimum absolute atomic E-state index is 0.235. The van der Waals surface area contributed by atoms with Crippen LogP contribution in [-0.4, -0.2) is 18.8 Å². The van der Waals surface area contributed by atoms with Gasteiger partial charge in [0.05, 0.1) is 6.10 Å². The van der Waals surface area contributed by atoms with Crippen LogP contribution in [0.2, 0.25) is 0 Å². The Morgan fingerprint density at radius 2 is 2.24 bits per heavy atom. The van der Waals surface area contributed by atoms with Crippen LogP contribution < -0.4 is 5.32 Å². The molecule has 1 fully saturated rings. The van der Waals surface area contributed by atoms with E-state index in [1.165, 1.54) is 6.07 Å². The number of ether oxygens (including phenoxy) is 1. The van der Waals surface area contributed by atoms with Crippen molar-refractivity contribution < 1.29 is 13.5 Å². The smallest absolute Gasteiger partial charge is 0.163 e. The first kappa shape index (κ1) is 12.5. The summed E-state index contributed by atoms with van der Waals surface area (Å²) in [4.78, 5) is 0. The van der Waals surface area contributed by atoms with Crippen molar-refractivity contribution in [3.8, 4) is 0 Å². The highest BCUT2D eigenvalue weighted by molar-refractivity contribution is 5.18. The molecule has 17 heavy (non-hydrogen) atoms. The van der Waals surface area contributed by atoms with Gasteiger partial charge in [-0.05, 0) is 25.8 Å². The van der Waals surface area contributed by atoms with Gasteiger partial charge in [-0.2, -0.15) is 0 Å². The summed E-state index contributed by atoms with van der Waals surface area (Å²) in [5, 5.41) is 3.25. The van der Waals surface area contributed by atoms with Crippen molar-refractivity contribution in [2.45, 2.75) is 38.5 Å². The summed E-state index contributed by atoms with van der Waals surface area (Å²) in [6.45, 7) is 3.11. The van der Waals surface area contributed by atoms with E-state index in [-0.39, 0.29) is 6.10 Å². The van der Waals surface area contributed by atoms with Crippen LogP contribution in [0.5, 0.6) is 0 Å². The van der Waals surface area contributed by atoms with E-state index in [1.54, 1.807) is 6.07 Å². The van der Waals surface area contributed by atoms with E-state index in [0.29, 0.717) is 18.2 Å². The molecule has 2 rings (SSSR count). The summed E-state index contributed by atoms with van der Waals surface area (Å²) >= 11 is 0. The van der Waals surface area contributed by atoms with E-state index in [4.69, 9.17) is 4.74 Å². The van der Waals surface area contributed by atoms with E-state index in [9.17, 15) is 8.78 Å². The second-order valence-corrected chi connectivity index (χ2v) is 4.50. The van der Waals surface area contributed by atoms with Crippen LogP contribution >= 0.6 is 0 Å². The van der Waals surface area contributed by atoms with Crippen molar-refractivity contribution in [2.75, 3.05) is 6.61 Å². The zero-order chi connectivity index (χ0) is 12.3. The van der Waals surface area contributed by atoms with Crippen molar-refractivity contribution in [1.82, 2.24) is 5.32 Å². The van der Waals surface area contributed by atoms with E-state index in [0.717, 1.165) is 25.5 Å². The molecule has 0 spiro atoms. The number of hydrogen-bond acceptors (Lipinski definition) is 2. The highest BCUT2D eigenvalue weighted by atomic mass is 19.2. The number of halogens is 2. The summed E-state index contributed by atoms with van der Waals surface area (Å²) in [5.41, 5.74) is 0.379. The first-order valence-electron chi connectivity index (χ1n) is 5.94. The van der Waals surface area contributed by atoms with Crippen LogP contribution in [0, 0.1) is 11.6 Å². The fraction of sp³-hybridized carbons (Fsp3) is 0.538. The summed E-state index contributed by atoms with van der Waals surface area (Å²) in [5.74, 6) is -1.54. The molecule has 0 amide bonds. The molecule has 0 radical (unpaired) electrons. The molecule has 1 aliphatic heterocycles. The Bertz CT molecular complexity index is 384. The van der Waals surface area contributed by atoms with E-state index < -0.39 is 11.6 Å². The molecule has 1 heterocycles. The second-order valence-electron chi connectivity index (χ2n) is 4.50. The molecular weight excluding hydrogens is 224 g/mol. The molecule has 1 aromatic rings. The summed E-state index contributed by atoms with van der Waals surface area (Å²) in [6, 6.07) is 4.59. The van der Waals surface area contributed by atoms with Crippen LogP contribution in [0.15, 0.2) is 18.2 Å². The fourth-order valence-electron chi connectivity index (χ4n) is 2.12. The standard InChI is InChI=1S/C13H17F2NO/c1-9-7-11(5-6-17-9)16-8-10-3-2-4-12(14)13(10)15/h2-4,9,11,16H,5-8H2,1H3. The lowest BCUT2D eigenvalue weighted by atomic mass is 10.0. The highest BCUT2D eigenvalue weighted by Crippen LogP contribution is 2.15. The molecule has 1 aromatic carbocycles. The van der Waals surface area contributed by atoms with Gasteiger partial charge in [0, 0.05) is 24.8 Å². The van der Waals surface area contributed by atoms with Gasteiger partial charge in [0.25, 0.3) is 0 Å². The van der Waals surface area contributed by atoms with Gasteiger partial charge in [0.15, 0.2) is 11.6 Å². The second kappa shape index (κ2) is 5.56. The molecule has 0 aliphatic carbocycles. The van der Waals surface area contributed by atoms with Gasteiger partial charge in [0.2, 0.25) is 0 Å². The Kier molecular flexibility index (Phi) is 4.07. The Hall–Kier alpha value is -1.00. The summed E-state index contributed by atoms with van der Waals surface area (Å²) in [7, 11) is 0. The van der Waals surface area contributed by atoms with Gasteiger partial charge in [-0.3, -0.25) is 0 Å².